The zero-order valence-electron chi connectivity index (χ0n) is 8.66. The SMILES string of the molecule is CC1(C)OC2OC(C(O)CS)C(O)C2O1. The van der Waals surface area contributed by atoms with E-state index in [0.29, 0.717) is 0 Å². The van der Waals surface area contributed by atoms with Crippen molar-refractivity contribution < 1.29 is 24.4 Å². The van der Waals surface area contributed by atoms with Crippen LogP contribution in [0.4, 0.5) is 0 Å². The number of thiol groups is 1. The molecule has 0 amide bonds. The van der Waals surface area contributed by atoms with E-state index in [1.807, 2.05) is 0 Å². The van der Waals surface area contributed by atoms with Crippen molar-refractivity contribution in [2.45, 2.75) is 50.3 Å². The zero-order chi connectivity index (χ0) is 11.2. The van der Waals surface area contributed by atoms with Gasteiger partial charge >= 0.3 is 0 Å². The van der Waals surface area contributed by atoms with E-state index in [1.165, 1.54) is 0 Å². The van der Waals surface area contributed by atoms with Gasteiger partial charge in [-0.3, -0.25) is 0 Å². The molecule has 2 aliphatic rings. The Bertz CT molecular complexity index is 247. The van der Waals surface area contributed by atoms with Crippen molar-refractivity contribution >= 4 is 12.6 Å². The highest BCUT2D eigenvalue weighted by Crippen LogP contribution is 2.38. The second kappa shape index (κ2) is 3.87. The van der Waals surface area contributed by atoms with Gasteiger partial charge in [-0.2, -0.15) is 12.6 Å². The van der Waals surface area contributed by atoms with E-state index in [9.17, 15) is 10.2 Å². The highest BCUT2D eigenvalue weighted by Gasteiger charge is 2.55. The Morgan fingerprint density at radius 3 is 2.60 bits per heavy atom. The first-order valence-corrected chi connectivity index (χ1v) is 5.56. The van der Waals surface area contributed by atoms with Gasteiger partial charge in [-0.05, 0) is 13.8 Å². The first-order valence-electron chi connectivity index (χ1n) is 4.93. The van der Waals surface area contributed by atoms with Gasteiger partial charge in [0.25, 0.3) is 0 Å². The van der Waals surface area contributed by atoms with Crippen molar-refractivity contribution in [1.29, 1.82) is 0 Å². The van der Waals surface area contributed by atoms with Crippen molar-refractivity contribution in [1.82, 2.24) is 0 Å². The number of rotatable bonds is 2. The molecule has 2 N–H and O–H groups in total. The Labute approximate surface area is 93.7 Å². The van der Waals surface area contributed by atoms with Gasteiger partial charge in [0.2, 0.25) is 0 Å². The maximum Gasteiger partial charge on any atom is 0.190 e. The molecule has 6 heteroatoms. The van der Waals surface area contributed by atoms with E-state index < -0.39 is 36.5 Å². The summed E-state index contributed by atoms with van der Waals surface area (Å²) in [5.41, 5.74) is 0. The van der Waals surface area contributed by atoms with Crippen molar-refractivity contribution in [2.24, 2.45) is 0 Å². The molecule has 15 heavy (non-hydrogen) atoms. The summed E-state index contributed by atoms with van der Waals surface area (Å²) in [6, 6.07) is 0. The van der Waals surface area contributed by atoms with Crippen LogP contribution >= 0.6 is 12.6 Å². The van der Waals surface area contributed by atoms with Crippen LogP contribution in [0, 0.1) is 0 Å². The van der Waals surface area contributed by atoms with Crippen LogP contribution in [0.2, 0.25) is 0 Å². The summed E-state index contributed by atoms with van der Waals surface area (Å²) in [6.45, 7) is 3.51. The van der Waals surface area contributed by atoms with Crippen LogP contribution in [0.3, 0.4) is 0 Å². The van der Waals surface area contributed by atoms with Crippen LogP contribution in [0.15, 0.2) is 0 Å². The van der Waals surface area contributed by atoms with Crippen molar-refractivity contribution in [2.75, 3.05) is 5.75 Å². The van der Waals surface area contributed by atoms with E-state index >= 15 is 0 Å². The lowest BCUT2D eigenvalue weighted by Crippen LogP contribution is -2.41. The quantitative estimate of drug-likeness (QED) is 0.565. The van der Waals surface area contributed by atoms with Crippen molar-refractivity contribution in [3.63, 3.8) is 0 Å². The molecule has 2 aliphatic heterocycles. The smallest absolute Gasteiger partial charge is 0.190 e. The van der Waals surface area contributed by atoms with Crippen LogP contribution in [0.25, 0.3) is 0 Å². The lowest BCUT2D eigenvalue weighted by Gasteiger charge is -2.25. The van der Waals surface area contributed by atoms with Gasteiger partial charge in [-0.15, -0.1) is 0 Å². The normalized spacial score (nSPS) is 45.4. The number of aliphatic hydroxyl groups excluding tert-OH is 2. The molecule has 0 saturated carbocycles. The van der Waals surface area contributed by atoms with E-state index in [0.717, 1.165) is 0 Å². The Morgan fingerprint density at radius 2 is 2.07 bits per heavy atom. The molecule has 0 aromatic carbocycles. The van der Waals surface area contributed by atoms with Crippen LogP contribution in [0.1, 0.15) is 13.8 Å². The third-order valence-corrected chi connectivity index (χ3v) is 2.99. The van der Waals surface area contributed by atoms with Gasteiger partial charge in [0, 0.05) is 5.75 Å². The minimum absolute atomic E-state index is 0.227. The molecule has 0 aromatic heterocycles. The molecular weight excluding hydrogens is 220 g/mol. The molecule has 0 spiro atoms. The minimum Gasteiger partial charge on any atom is -0.389 e. The van der Waals surface area contributed by atoms with Gasteiger partial charge < -0.3 is 24.4 Å². The number of hydrogen-bond donors (Lipinski definition) is 3. The third kappa shape index (κ3) is 2.02. The molecule has 88 valence electrons. The van der Waals surface area contributed by atoms with Gasteiger partial charge in [0.15, 0.2) is 12.1 Å². The fourth-order valence-electron chi connectivity index (χ4n) is 1.94. The second-order valence-electron chi connectivity index (χ2n) is 4.31. The maximum atomic E-state index is 9.87. The standard InChI is InChI=1S/C9H16O5S/c1-9(2)13-7-5(11)6(4(10)3-15)12-8(7)14-9/h4-8,10-11,15H,3H2,1-2H3. The fraction of sp³-hybridized carbons (Fsp3) is 1.00. The topological polar surface area (TPSA) is 68.2 Å². The molecule has 0 aliphatic carbocycles. The first kappa shape index (κ1) is 11.6. The molecule has 2 heterocycles. The summed E-state index contributed by atoms with van der Waals surface area (Å²) in [4.78, 5) is 0. The Morgan fingerprint density at radius 1 is 1.40 bits per heavy atom. The van der Waals surface area contributed by atoms with Crippen LogP contribution in [0.5, 0.6) is 0 Å². The average molecular weight is 236 g/mol. The van der Waals surface area contributed by atoms with Gasteiger partial charge in [-0.1, -0.05) is 0 Å². The molecule has 2 fully saturated rings. The summed E-state index contributed by atoms with van der Waals surface area (Å²) in [6.07, 6.45) is -3.51. The molecule has 5 nitrogen and oxygen atoms in total. The van der Waals surface area contributed by atoms with Crippen molar-refractivity contribution in [3.8, 4) is 0 Å². The van der Waals surface area contributed by atoms with Crippen LogP contribution in [-0.2, 0) is 14.2 Å². The maximum absolute atomic E-state index is 9.87. The predicted octanol–water partition coefficient (Wildman–Crippen LogP) is -0.486. The Balaban J connectivity index is 2.05. The molecule has 2 rings (SSSR count). The lowest BCUT2D eigenvalue weighted by molar-refractivity contribution is -0.224. The molecular formula is C9H16O5S. The van der Waals surface area contributed by atoms with E-state index in [4.69, 9.17) is 14.2 Å². The number of fused-ring (bicyclic) bond motifs is 1. The van der Waals surface area contributed by atoms with E-state index in [1.54, 1.807) is 13.8 Å². The average Bonchev–Trinajstić information content (AvgIpc) is 2.60. The van der Waals surface area contributed by atoms with Gasteiger partial charge in [0.05, 0.1) is 6.10 Å². The van der Waals surface area contributed by atoms with E-state index in [-0.39, 0.29) is 5.75 Å². The molecule has 0 aromatic rings. The number of ether oxygens (including phenoxy) is 3. The summed E-state index contributed by atoms with van der Waals surface area (Å²) >= 11 is 3.95. The third-order valence-electron chi connectivity index (χ3n) is 2.62. The zero-order valence-corrected chi connectivity index (χ0v) is 9.55. The predicted molar refractivity (Wildman–Crippen MR) is 54.6 cm³/mol. The van der Waals surface area contributed by atoms with E-state index in [2.05, 4.69) is 12.6 Å². The largest absolute Gasteiger partial charge is 0.389 e. The second-order valence-corrected chi connectivity index (χ2v) is 4.67. The van der Waals surface area contributed by atoms with Crippen LogP contribution < -0.4 is 0 Å². The monoisotopic (exact) mass is 236 g/mol. The van der Waals surface area contributed by atoms with Gasteiger partial charge in [-0.25, -0.2) is 0 Å². The Kier molecular flexibility index (Phi) is 3.00. The highest BCUT2D eigenvalue weighted by molar-refractivity contribution is 7.80. The first-order chi connectivity index (χ1) is 6.94. The molecule has 5 atom stereocenters. The Hall–Kier alpha value is 0.150. The highest BCUT2D eigenvalue weighted by atomic mass is 32.1. The molecule has 2 saturated heterocycles. The van der Waals surface area contributed by atoms with Gasteiger partial charge in [0.1, 0.15) is 18.3 Å². The van der Waals surface area contributed by atoms with Crippen LogP contribution in [-0.4, -0.2) is 52.5 Å². The number of hydrogen-bond acceptors (Lipinski definition) is 6. The molecule has 0 bridgehead atoms. The molecule has 5 unspecified atom stereocenters. The summed E-state index contributed by atoms with van der Waals surface area (Å²) < 4.78 is 16.3. The fourth-order valence-corrected chi connectivity index (χ4v) is 2.15. The summed E-state index contributed by atoms with van der Waals surface area (Å²) in [5.74, 6) is -0.516. The summed E-state index contributed by atoms with van der Waals surface area (Å²) in [5, 5.41) is 19.4. The minimum atomic E-state index is -0.876. The van der Waals surface area contributed by atoms with Crippen molar-refractivity contribution in [3.05, 3.63) is 0 Å². The molecule has 0 radical (unpaired) electrons. The lowest BCUT2D eigenvalue weighted by atomic mass is 10.1. The number of aliphatic hydroxyl groups is 2. The summed E-state index contributed by atoms with van der Waals surface area (Å²) in [7, 11) is 0.